The first-order valence-corrected chi connectivity index (χ1v) is 9.38. The number of carbonyl (C=O) groups excluding carboxylic acids is 2. The highest BCUT2D eigenvalue weighted by Crippen LogP contribution is 2.39. The maximum atomic E-state index is 12.9. The molecule has 0 radical (unpaired) electrons. The van der Waals surface area contributed by atoms with Gasteiger partial charge in [0, 0.05) is 19.1 Å². The number of likely N-dealkylation sites (tertiary alicyclic amines) is 1. The number of carboxylic acid groups (broad SMARTS) is 1. The molecule has 6 heteroatoms. The van der Waals surface area contributed by atoms with Crippen molar-refractivity contribution in [3.05, 3.63) is 35.9 Å². The highest BCUT2D eigenvalue weighted by atomic mass is 16.4. The maximum absolute atomic E-state index is 12.9. The molecule has 1 saturated heterocycles. The lowest BCUT2D eigenvalue weighted by Gasteiger charge is -2.34. The van der Waals surface area contributed by atoms with Crippen molar-refractivity contribution >= 4 is 17.8 Å². The Morgan fingerprint density at radius 3 is 2.35 bits per heavy atom. The molecule has 6 nitrogen and oxygen atoms in total. The van der Waals surface area contributed by atoms with Crippen LogP contribution in [0.4, 0.5) is 0 Å². The second-order valence-electron chi connectivity index (χ2n) is 7.27. The molecule has 0 aromatic heterocycles. The molecular weight excluding hydrogens is 332 g/mol. The quantitative estimate of drug-likeness (QED) is 0.814. The second kappa shape index (κ2) is 7.89. The summed E-state index contributed by atoms with van der Waals surface area (Å²) in [6.45, 7) is 3.28. The molecular formula is C20H26N2O4. The van der Waals surface area contributed by atoms with Gasteiger partial charge in [-0.15, -0.1) is 0 Å². The summed E-state index contributed by atoms with van der Waals surface area (Å²) in [4.78, 5) is 37.7. The number of aliphatic carboxylic acids is 1. The van der Waals surface area contributed by atoms with Crippen LogP contribution >= 0.6 is 0 Å². The number of benzene rings is 1. The molecule has 1 heterocycles. The van der Waals surface area contributed by atoms with Gasteiger partial charge in [-0.25, -0.2) is 0 Å². The predicted molar refractivity (Wildman–Crippen MR) is 96.5 cm³/mol. The summed E-state index contributed by atoms with van der Waals surface area (Å²) in [7, 11) is 0. The highest BCUT2D eigenvalue weighted by molar-refractivity contribution is 5.89. The van der Waals surface area contributed by atoms with E-state index in [9.17, 15) is 14.4 Å². The van der Waals surface area contributed by atoms with Gasteiger partial charge in [-0.2, -0.15) is 0 Å². The Kier molecular flexibility index (Phi) is 5.59. The molecule has 140 valence electrons. The van der Waals surface area contributed by atoms with Crippen molar-refractivity contribution in [2.45, 2.75) is 44.6 Å². The van der Waals surface area contributed by atoms with Crippen molar-refractivity contribution in [1.82, 2.24) is 10.2 Å². The van der Waals surface area contributed by atoms with Crippen LogP contribution in [0.1, 0.15) is 44.1 Å². The number of carbonyl (C=O) groups is 3. The first-order chi connectivity index (χ1) is 12.5. The van der Waals surface area contributed by atoms with Gasteiger partial charge in [0.2, 0.25) is 11.8 Å². The van der Waals surface area contributed by atoms with Crippen LogP contribution in [0.3, 0.4) is 0 Å². The van der Waals surface area contributed by atoms with Crippen LogP contribution in [0, 0.1) is 11.8 Å². The third kappa shape index (κ3) is 4.06. The van der Waals surface area contributed by atoms with E-state index in [0.717, 1.165) is 12.0 Å². The first-order valence-electron chi connectivity index (χ1n) is 9.38. The molecule has 1 aliphatic carbocycles. The molecule has 1 aliphatic heterocycles. The molecule has 3 atom stereocenters. The average Bonchev–Trinajstić information content (AvgIpc) is 3.45. The highest BCUT2D eigenvalue weighted by Gasteiger charge is 2.48. The number of carboxylic acids is 1. The zero-order valence-corrected chi connectivity index (χ0v) is 15.1. The number of hydrogen-bond acceptors (Lipinski definition) is 3. The number of amides is 2. The van der Waals surface area contributed by atoms with Crippen LogP contribution in [-0.2, 0) is 14.4 Å². The normalized spacial score (nSPS) is 24.0. The molecule has 2 amide bonds. The molecule has 1 aromatic rings. The smallest absolute Gasteiger partial charge is 0.307 e. The Labute approximate surface area is 153 Å². The van der Waals surface area contributed by atoms with E-state index >= 15 is 0 Å². The van der Waals surface area contributed by atoms with Crippen molar-refractivity contribution in [3.63, 3.8) is 0 Å². The van der Waals surface area contributed by atoms with Gasteiger partial charge in [-0.1, -0.05) is 37.3 Å². The average molecular weight is 358 g/mol. The summed E-state index contributed by atoms with van der Waals surface area (Å²) in [6.07, 6.45) is 2.63. The van der Waals surface area contributed by atoms with E-state index < -0.39 is 11.9 Å². The standard InChI is InChI=1S/C20H26N2O4/c1-2-15(13-6-4-3-5-7-13)19(24)22-10-8-14(9-11-22)21-18(23)16-12-17(16)20(25)26/h3-7,14-17H,2,8-12H2,1H3,(H,21,23)(H,25,26). The minimum absolute atomic E-state index is 0.0263. The van der Waals surface area contributed by atoms with Crippen molar-refractivity contribution in [1.29, 1.82) is 0 Å². The van der Waals surface area contributed by atoms with E-state index in [1.807, 2.05) is 42.2 Å². The summed E-state index contributed by atoms with van der Waals surface area (Å²) in [5.41, 5.74) is 1.05. The largest absolute Gasteiger partial charge is 0.481 e. The van der Waals surface area contributed by atoms with Gasteiger partial charge in [0.15, 0.2) is 0 Å². The summed E-state index contributed by atoms with van der Waals surface area (Å²) < 4.78 is 0. The molecule has 3 unspecified atom stereocenters. The molecule has 2 fully saturated rings. The SMILES string of the molecule is CCC(C(=O)N1CCC(NC(=O)C2CC2C(=O)O)CC1)c1ccccc1. The van der Waals surface area contributed by atoms with Gasteiger partial charge in [0.05, 0.1) is 17.8 Å². The maximum Gasteiger partial charge on any atom is 0.307 e. The zero-order valence-electron chi connectivity index (χ0n) is 15.1. The minimum atomic E-state index is -0.892. The van der Waals surface area contributed by atoms with Gasteiger partial charge in [0.1, 0.15) is 0 Å². The van der Waals surface area contributed by atoms with Crippen molar-refractivity contribution in [2.75, 3.05) is 13.1 Å². The lowest BCUT2D eigenvalue weighted by atomic mass is 9.93. The van der Waals surface area contributed by atoms with E-state index in [2.05, 4.69) is 5.32 Å². The van der Waals surface area contributed by atoms with Crippen LogP contribution in [-0.4, -0.2) is 46.9 Å². The van der Waals surface area contributed by atoms with E-state index in [4.69, 9.17) is 5.11 Å². The second-order valence-corrected chi connectivity index (χ2v) is 7.27. The van der Waals surface area contributed by atoms with Gasteiger partial charge >= 0.3 is 5.97 Å². The van der Waals surface area contributed by atoms with Gasteiger partial charge in [0.25, 0.3) is 0 Å². The Hall–Kier alpha value is -2.37. The number of hydrogen-bond donors (Lipinski definition) is 2. The van der Waals surface area contributed by atoms with Gasteiger partial charge in [-0.3, -0.25) is 14.4 Å². The first kappa shape index (κ1) is 18.4. The molecule has 1 aromatic carbocycles. The fourth-order valence-corrected chi connectivity index (χ4v) is 3.77. The van der Waals surface area contributed by atoms with Crippen LogP contribution in [0.2, 0.25) is 0 Å². The predicted octanol–water partition coefficient (Wildman–Crippen LogP) is 2.01. The summed E-state index contributed by atoms with van der Waals surface area (Å²) in [5.74, 6) is -1.92. The fourth-order valence-electron chi connectivity index (χ4n) is 3.77. The lowest BCUT2D eigenvalue weighted by Crippen LogP contribution is -2.48. The number of nitrogens with one attached hydrogen (secondary N) is 1. The Morgan fingerprint density at radius 1 is 1.15 bits per heavy atom. The molecule has 0 spiro atoms. The lowest BCUT2D eigenvalue weighted by molar-refractivity contribution is -0.140. The topological polar surface area (TPSA) is 86.7 Å². The van der Waals surface area contributed by atoms with E-state index in [1.165, 1.54) is 0 Å². The molecule has 0 bridgehead atoms. The third-order valence-corrected chi connectivity index (χ3v) is 5.51. The van der Waals surface area contributed by atoms with Crippen LogP contribution in [0.25, 0.3) is 0 Å². The monoisotopic (exact) mass is 358 g/mol. The molecule has 2 aliphatic rings. The van der Waals surface area contributed by atoms with Crippen molar-refractivity contribution < 1.29 is 19.5 Å². The zero-order chi connectivity index (χ0) is 18.7. The Balaban J connectivity index is 1.49. The molecule has 3 rings (SSSR count). The Bertz CT molecular complexity index is 668. The van der Waals surface area contributed by atoms with Crippen molar-refractivity contribution in [2.24, 2.45) is 11.8 Å². The molecule has 1 saturated carbocycles. The van der Waals surface area contributed by atoms with E-state index in [-0.39, 0.29) is 29.7 Å². The van der Waals surface area contributed by atoms with Crippen LogP contribution < -0.4 is 5.32 Å². The molecule has 26 heavy (non-hydrogen) atoms. The van der Waals surface area contributed by atoms with Gasteiger partial charge < -0.3 is 15.3 Å². The van der Waals surface area contributed by atoms with Crippen LogP contribution in [0.15, 0.2) is 30.3 Å². The van der Waals surface area contributed by atoms with Gasteiger partial charge in [-0.05, 0) is 31.2 Å². The number of nitrogens with zero attached hydrogens (tertiary/aromatic N) is 1. The number of rotatable bonds is 6. The summed E-state index contributed by atoms with van der Waals surface area (Å²) >= 11 is 0. The van der Waals surface area contributed by atoms with Crippen LogP contribution in [0.5, 0.6) is 0 Å². The van der Waals surface area contributed by atoms with Crippen molar-refractivity contribution in [3.8, 4) is 0 Å². The number of piperidine rings is 1. The Morgan fingerprint density at radius 2 is 1.81 bits per heavy atom. The van der Waals surface area contributed by atoms with E-state index in [0.29, 0.717) is 32.4 Å². The van der Waals surface area contributed by atoms with E-state index in [1.54, 1.807) is 0 Å². The summed E-state index contributed by atoms with van der Waals surface area (Å²) in [5, 5.41) is 11.9. The third-order valence-electron chi connectivity index (χ3n) is 5.51. The molecule has 2 N–H and O–H groups in total. The minimum Gasteiger partial charge on any atom is -0.481 e. The fraction of sp³-hybridized carbons (Fsp3) is 0.550. The summed E-state index contributed by atoms with van der Waals surface area (Å²) in [6, 6.07) is 9.87.